The van der Waals surface area contributed by atoms with Gasteiger partial charge in [-0.05, 0) is 31.4 Å². The number of nitrogens with zero attached hydrogens (tertiary/aromatic N) is 5. The van der Waals surface area contributed by atoms with E-state index in [2.05, 4.69) is 18.8 Å². The zero-order chi connectivity index (χ0) is 19.1. The number of hydrogen-bond acceptors (Lipinski definition) is 7. The number of hydrogen-bond donors (Lipinski definition) is 0. The Kier molecular flexibility index (Phi) is 4.66. The molecule has 0 bridgehead atoms. The Hall–Kier alpha value is -1.88. The van der Waals surface area contributed by atoms with Crippen LogP contribution < -0.4 is 0 Å². The lowest BCUT2D eigenvalue weighted by Crippen LogP contribution is -2.48. The van der Waals surface area contributed by atoms with Gasteiger partial charge in [-0.2, -0.15) is 13.0 Å². The molecule has 1 aromatic heterocycles. The smallest absolute Gasteiger partial charge is 0.245 e. The van der Waals surface area contributed by atoms with E-state index in [1.807, 2.05) is 0 Å². The van der Waals surface area contributed by atoms with Crippen molar-refractivity contribution in [1.82, 2.24) is 14.4 Å². The molecule has 0 atom stereocenters. The molecule has 1 aliphatic carbocycles. The van der Waals surface area contributed by atoms with Gasteiger partial charge in [-0.15, -0.1) is 0 Å². The Morgan fingerprint density at radius 2 is 1.89 bits per heavy atom. The minimum absolute atomic E-state index is 0.248. The standard InChI is InChI=1S/C18H21N5O3S2/c24-28(25,17-7-3-5-14-18(17)21-27-20-14)23-10-8-22(9-11-23)12-15-13-4-1-2-6-16(13)26-19-15/h3,5,7H,1-2,4,6,8-12H2. The number of fused-ring (bicyclic) bond motifs is 2. The molecular weight excluding hydrogens is 398 g/mol. The van der Waals surface area contributed by atoms with Crippen LogP contribution in [0.3, 0.4) is 0 Å². The number of aromatic nitrogens is 1. The summed E-state index contributed by atoms with van der Waals surface area (Å²) in [7, 11) is -3.58. The van der Waals surface area contributed by atoms with Crippen LogP contribution in [0, 0.1) is 0 Å². The number of aryl methyl sites for hydroxylation is 1. The van der Waals surface area contributed by atoms with E-state index < -0.39 is 10.0 Å². The second-order valence-electron chi connectivity index (χ2n) is 7.31. The quantitative estimate of drug-likeness (QED) is 0.648. The molecule has 0 amide bonds. The van der Waals surface area contributed by atoms with Crippen LogP contribution in [0.25, 0.3) is 0 Å². The van der Waals surface area contributed by atoms with E-state index in [-0.39, 0.29) is 4.90 Å². The second-order valence-corrected chi connectivity index (χ2v) is 9.74. The lowest BCUT2D eigenvalue weighted by atomic mass is 9.96. The van der Waals surface area contributed by atoms with Crippen molar-refractivity contribution >= 4 is 32.8 Å². The Morgan fingerprint density at radius 3 is 2.75 bits per heavy atom. The monoisotopic (exact) mass is 419 g/mol. The summed E-state index contributed by atoms with van der Waals surface area (Å²) < 4.78 is 41.6. The average Bonchev–Trinajstić information content (AvgIpc) is 3.35. The molecule has 0 unspecified atom stereocenters. The van der Waals surface area contributed by atoms with Crippen molar-refractivity contribution in [3.05, 3.63) is 35.2 Å². The second kappa shape index (κ2) is 7.18. The van der Waals surface area contributed by atoms with Crippen LogP contribution in [0.1, 0.15) is 29.9 Å². The number of rotatable bonds is 4. The minimum Gasteiger partial charge on any atom is -0.361 e. The van der Waals surface area contributed by atoms with Crippen LogP contribution >= 0.6 is 0 Å². The summed E-state index contributed by atoms with van der Waals surface area (Å²) in [6, 6.07) is 5.13. The highest BCUT2D eigenvalue weighted by Crippen LogP contribution is 2.38. The molecule has 2 aromatic rings. The van der Waals surface area contributed by atoms with Crippen molar-refractivity contribution in [2.45, 2.75) is 37.1 Å². The fourth-order valence-corrected chi connectivity index (χ4v) is 6.22. The Bertz CT molecular complexity index is 1080. The maximum Gasteiger partial charge on any atom is 0.245 e. The molecule has 2 aliphatic heterocycles. The van der Waals surface area contributed by atoms with Crippen LogP contribution in [0.5, 0.6) is 0 Å². The SMILES string of the molecule is O=S(=O)(c1cccc2c1N=S=N2)N1CCN(Cc2noc3c2CCCC3)CC1. The molecule has 0 radical (unpaired) electrons. The van der Waals surface area contributed by atoms with Crippen molar-refractivity contribution < 1.29 is 12.9 Å². The van der Waals surface area contributed by atoms with E-state index in [0.29, 0.717) is 37.6 Å². The van der Waals surface area contributed by atoms with Crippen molar-refractivity contribution in [3.63, 3.8) is 0 Å². The predicted molar refractivity (Wildman–Crippen MR) is 105 cm³/mol. The lowest BCUT2D eigenvalue weighted by Gasteiger charge is -2.33. The number of benzene rings is 1. The zero-order valence-corrected chi connectivity index (χ0v) is 17.0. The molecule has 1 saturated heterocycles. The molecule has 1 fully saturated rings. The predicted octanol–water partition coefficient (Wildman–Crippen LogP) is 2.79. The van der Waals surface area contributed by atoms with Gasteiger partial charge in [0, 0.05) is 44.7 Å². The van der Waals surface area contributed by atoms with E-state index in [1.165, 1.54) is 18.4 Å². The first-order valence-electron chi connectivity index (χ1n) is 9.53. The first kappa shape index (κ1) is 18.2. The van der Waals surface area contributed by atoms with Crippen molar-refractivity contribution in [2.75, 3.05) is 26.2 Å². The fourth-order valence-electron chi connectivity index (χ4n) is 4.04. The first-order valence-corrected chi connectivity index (χ1v) is 11.7. The molecule has 3 heterocycles. The van der Waals surface area contributed by atoms with Gasteiger partial charge in [-0.1, -0.05) is 11.2 Å². The van der Waals surface area contributed by atoms with Gasteiger partial charge in [-0.25, -0.2) is 8.42 Å². The van der Waals surface area contributed by atoms with E-state index in [4.69, 9.17) is 4.52 Å². The van der Waals surface area contributed by atoms with E-state index >= 15 is 0 Å². The highest BCUT2D eigenvalue weighted by atomic mass is 32.2. The van der Waals surface area contributed by atoms with Gasteiger partial charge < -0.3 is 4.52 Å². The molecule has 28 heavy (non-hydrogen) atoms. The normalized spacial score (nSPS) is 20.0. The Balaban J connectivity index is 1.28. The lowest BCUT2D eigenvalue weighted by molar-refractivity contribution is 0.177. The summed E-state index contributed by atoms with van der Waals surface area (Å²) in [5.41, 5.74) is 3.37. The third-order valence-corrected chi connectivity index (χ3v) is 8.08. The van der Waals surface area contributed by atoms with Gasteiger partial charge in [0.15, 0.2) is 0 Å². The summed E-state index contributed by atoms with van der Waals surface area (Å²) in [6.45, 7) is 2.98. The van der Waals surface area contributed by atoms with Gasteiger partial charge in [0.05, 0.1) is 11.4 Å². The molecule has 3 aliphatic rings. The maximum atomic E-state index is 13.1. The third-order valence-electron chi connectivity index (χ3n) is 5.60. The molecular formula is C18H21N5O3S2. The van der Waals surface area contributed by atoms with Crippen LogP contribution in [-0.2, 0) is 40.8 Å². The summed E-state index contributed by atoms with van der Waals surface area (Å²) in [5.74, 6) is 1.03. The molecule has 1 aromatic carbocycles. The van der Waals surface area contributed by atoms with Crippen molar-refractivity contribution in [3.8, 4) is 0 Å². The van der Waals surface area contributed by atoms with Crippen molar-refractivity contribution in [1.29, 1.82) is 0 Å². The number of piperazine rings is 1. The van der Waals surface area contributed by atoms with E-state index in [1.54, 1.807) is 22.5 Å². The molecule has 0 N–H and O–H groups in total. The highest BCUT2D eigenvalue weighted by molar-refractivity contribution is 7.89. The third kappa shape index (κ3) is 3.14. The van der Waals surface area contributed by atoms with Crippen LogP contribution in [0.2, 0.25) is 0 Å². The summed E-state index contributed by atoms with van der Waals surface area (Å²) in [5, 5.41) is 4.27. The van der Waals surface area contributed by atoms with Gasteiger partial charge in [0.25, 0.3) is 0 Å². The molecule has 0 spiro atoms. The summed E-state index contributed by atoms with van der Waals surface area (Å²) >= 11 is 1.04. The van der Waals surface area contributed by atoms with Gasteiger partial charge in [-0.3, -0.25) is 4.90 Å². The molecule has 148 valence electrons. The Labute approximate surface area is 167 Å². The summed E-state index contributed by atoms with van der Waals surface area (Å²) in [4.78, 5) is 2.50. The molecule has 8 nitrogen and oxygen atoms in total. The molecule has 0 saturated carbocycles. The van der Waals surface area contributed by atoms with E-state index in [9.17, 15) is 8.42 Å². The topological polar surface area (TPSA) is 91.4 Å². The van der Waals surface area contributed by atoms with Gasteiger partial charge in [0.1, 0.15) is 27.7 Å². The van der Waals surface area contributed by atoms with Gasteiger partial charge >= 0.3 is 0 Å². The summed E-state index contributed by atoms with van der Waals surface area (Å²) in [6.07, 6.45) is 4.36. The van der Waals surface area contributed by atoms with Crippen LogP contribution in [-0.4, -0.2) is 49.0 Å². The highest BCUT2D eigenvalue weighted by Gasteiger charge is 2.32. The Morgan fingerprint density at radius 1 is 1.07 bits per heavy atom. The zero-order valence-electron chi connectivity index (χ0n) is 15.4. The van der Waals surface area contributed by atoms with Gasteiger partial charge in [0.2, 0.25) is 10.0 Å². The largest absolute Gasteiger partial charge is 0.361 e. The molecule has 10 heteroatoms. The maximum absolute atomic E-state index is 13.1. The number of sulfonamides is 1. The fraction of sp³-hybridized carbons (Fsp3) is 0.500. The van der Waals surface area contributed by atoms with Crippen molar-refractivity contribution in [2.24, 2.45) is 8.73 Å². The first-order chi connectivity index (χ1) is 13.6. The van der Waals surface area contributed by atoms with E-state index in [0.717, 1.165) is 42.2 Å². The van der Waals surface area contributed by atoms with Crippen LogP contribution in [0.4, 0.5) is 11.4 Å². The minimum atomic E-state index is -3.58. The average molecular weight is 420 g/mol. The molecule has 5 rings (SSSR count). The van der Waals surface area contributed by atoms with Crippen LogP contribution in [0.15, 0.2) is 36.3 Å².